The van der Waals surface area contributed by atoms with Crippen LogP contribution < -0.4 is 5.32 Å². The van der Waals surface area contributed by atoms with Crippen molar-refractivity contribution in [1.29, 1.82) is 0 Å². The number of alkyl carbamates (subject to hydrolysis) is 1. The molecule has 0 saturated carbocycles. The Bertz CT molecular complexity index is 731. The van der Waals surface area contributed by atoms with Gasteiger partial charge in [-0.05, 0) is 52.5 Å². The van der Waals surface area contributed by atoms with Gasteiger partial charge in [0.15, 0.2) is 0 Å². The second kappa shape index (κ2) is 10.3. The number of hydrogen-bond donors (Lipinski definition) is 2. The predicted octanol–water partition coefficient (Wildman–Crippen LogP) is 3.59. The average molecular weight is 421 g/mol. The van der Waals surface area contributed by atoms with Gasteiger partial charge in [0.2, 0.25) is 0 Å². The first kappa shape index (κ1) is 23.5. The van der Waals surface area contributed by atoms with Crippen molar-refractivity contribution in [1.82, 2.24) is 10.2 Å². The summed E-state index contributed by atoms with van der Waals surface area (Å²) in [5.41, 5.74) is 0.175. The molecular weight excluding hydrogens is 388 g/mol. The van der Waals surface area contributed by atoms with Crippen LogP contribution in [-0.4, -0.2) is 58.5 Å². The Kier molecular flexibility index (Phi) is 8.08. The van der Waals surface area contributed by atoms with Crippen LogP contribution in [0.3, 0.4) is 0 Å². The molecule has 0 aromatic heterocycles. The fourth-order valence-electron chi connectivity index (χ4n) is 3.47. The van der Waals surface area contributed by atoms with Gasteiger partial charge < -0.3 is 24.8 Å². The molecule has 1 aliphatic heterocycles. The number of carboxylic acids is 1. The summed E-state index contributed by atoms with van der Waals surface area (Å²) in [6.45, 7) is 7.64. The molecular formula is C22H32N2O6. The highest BCUT2D eigenvalue weighted by atomic mass is 16.6. The summed E-state index contributed by atoms with van der Waals surface area (Å²) < 4.78 is 10.9. The first-order valence-corrected chi connectivity index (χ1v) is 10.3. The zero-order valence-electron chi connectivity index (χ0n) is 18.1. The standard InChI is InChI=1S/C22H32N2O6/c1-15(18-12-8-9-13-24(18)21(28)30-22(2,3)4)29-20(27)23-17(19(25)26)14-16-10-6-5-7-11-16/h5-7,10-11,15,17-18H,8-9,12-14H2,1-4H3,(H,23,27)(H,25,26)/t15?,17-,18?/m0/s1. The quantitative estimate of drug-likeness (QED) is 0.729. The molecule has 1 aromatic carbocycles. The van der Waals surface area contributed by atoms with Crippen LogP contribution in [0.1, 0.15) is 52.5 Å². The molecule has 8 nitrogen and oxygen atoms in total. The molecule has 1 fully saturated rings. The fraction of sp³-hybridized carbons (Fsp3) is 0.591. The van der Waals surface area contributed by atoms with Crippen LogP contribution in [0.2, 0.25) is 0 Å². The highest BCUT2D eigenvalue weighted by Gasteiger charge is 2.35. The Balaban J connectivity index is 1.98. The number of amides is 2. The predicted molar refractivity (Wildman–Crippen MR) is 111 cm³/mol. The molecule has 1 saturated heterocycles. The number of piperidine rings is 1. The molecule has 0 aliphatic carbocycles. The van der Waals surface area contributed by atoms with E-state index in [1.165, 1.54) is 0 Å². The SMILES string of the molecule is CC(OC(=O)N[C@@H](Cc1ccccc1)C(=O)O)C1CCCCN1C(=O)OC(C)(C)C. The van der Waals surface area contributed by atoms with Crippen molar-refractivity contribution in [2.75, 3.05) is 6.54 Å². The Morgan fingerprint density at radius 1 is 1.20 bits per heavy atom. The first-order valence-electron chi connectivity index (χ1n) is 10.3. The van der Waals surface area contributed by atoms with Crippen molar-refractivity contribution in [3.63, 3.8) is 0 Å². The maximum Gasteiger partial charge on any atom is 0.410 e. The van der Waals surface area contributed by atoms with Gasteiger partial charge in [-0.2, -0.15) is 0 Å². The lowest BCUT2D eigenvalue weighted by molar-refractivity contribution is -0.139. The smallest absolute Gasteiger partial charge is 0.410 e. The van der Waals surface area contributed by atoms with Crippen molar-refractivity contribution < 1.29 is 29.0 Å². The van der Waals surface area contributed by atoms with E-state index in [2.05, 4.69) is 5.32 Å². The Morgan fingerprint density at radius 2 is 1.87 bits per heavy atom. The van der Waals surface area contributed by atoms with E-state index in [9.17, 15) is 19.5 Å². The number of aliphatic carboxylic acids is 1. The van der Waals surface area contributed by atoms with Gasteiger partial charge in [0.05, 0.1) is 6.04 Å². The number of ether oxygens (including phenoxy) is 2. The Hall–Kier alpha value is -2.77. The Labute approximate surface area is 177 Å². The largest absolute Gasteiger partial charge is 0.480 e. The number of carbonyl (C=O) groups is 3. The molecule has 1 heterocycles. The van der Waals surface area contributed by atoms with E-state index < -0.39 is 35.9 Å². The minimum Gasteiger partial charge on any atom is -0.480 e. The third-order valence-corrected chi connectivity index (χ3v) is 4.88. The van der Waals surface area contributed by atoms with Gasteiger partial charge in [-0.25, -0.2) is 14.4 Å². The van der Waals surface area contributed by atoms with E-state index in [0.717, 1.165) is 18.4 Å². The van der Waals surface area contributed by atoms with Crippen molar-refractivity contribution >= 4 is 18.2 Å². The monoisotopic (exact) mass is 420 g/mol. The molecule has 8 heteroatoms. The molecule has 0 spiro atoms. The summed E-state index contributed by atoms with van der Waals surface area (Å²) in [4.78, 5) is 38.1. The van der Waals surface area contributed by atoms with Gasteiger partial charge in [-0.15, -0.1) is 0 Å². The van der Waals surface area contributed by atoms with E-state index in [1.807, 2.05) is 18.2 Å². The van der Waals surface area contributed by atoms with Crippen LogP contribution in [0.4, 0.5) is 9.59 Å². The highest BCUT2D eigenvalue weighted by molar-refractivity contribution is 5.80. The van der Waals surface area contributed by atoms with Gasteiger partial charge in [-0.3, -0.25) is 0 Å². The summed E-state index contributed by atoms with van der Waals surface area (Å²) in [5, 5.41) is 11.9. The molecule has 1 aromatic rings. The Morgan fingerprint density at radius 3 is 2.47 bits per heavy atom. The average Bonchev–Trinajstić information content (AvgIpc) is 2.66. The van der Waals surface area contributed by atoms with Crippen LogP contribution in [0.15, 0.2) is 30.3 Å². The van der Waals surface area contributed by atoms with E-state index in [4.69, 9.17) is 9.47 Å². The second-order valence-corrected chi connectivity index (χ2v) is 8.57. The normalized spacial score (nSPS) is 18.8. The zero-order valence-corrected chi connectivity index (χ0v) is 18.1. The molecule has 2 N–H and O–H groups in total. The van der Waals surface area contributed by atoms with E-state index >= 15 is 0 Å². The van der Waals surface area contributed by atoms with E-state index in [1.54, 1.807) is 44.7 Å². The van der Waals surface area contributed by atoms with Gasteiger partial charge >= 0.3 is 18.2 Å². The molecule has 0 radical (unpaired) electrons. The third-order valence-electron chi connectivity index (χ3n) is 4.88. The van der Waals surface area contributed by atoms with Crippen molar-refractivity contribution in [3.05, 3.63) is 35.9 Å². The summed E-state index contributed by atoms with van der Waals surface area (Å²) in [5.74, 6) is -1.14. The molecule has 2 unspecified atom stereocenters. The van der Waals surface area contributed by atoms with Crippen molar-refractivity contribution in [3.8, 4) is 0 Å². The van der Waals surface area contributed by atoms with Crippen LogP contribution in [-0.2, 0) is 20.7 Å². The van der Waals surface area contributed by atoms with Crippen molar-refractivity contribution in [2.45, 2.75) is 77.2 Å². The van der Waals surface area contributed by atoms with Crippen LogP contribution >= 0.6 is 0 Å². The summed E-state index contributed by atoms with van der Waals surface area (Å²) in [6.07, 6.45) is 0.727. The lowest BCUT2D eigenvalue weighted by Crippen LogP contribution is -2.52. The maximum atomic E-state index is 12.6. The number of hydrogen-bond acceptors (Lipinski definition) is 5. The molecule has 0 bridgehead atoms. The van der Waals surface area contributed by atoms with Gasteiger partial charge in [0.25, 0.3) is 0 Å². The van der Waals surface area contributed by atoms with Gasteiger partial charge in [0.1, 0.15) is 17.7 Å². The van der Waals surface area contributed by atoms with E-state index in [0.29, 0.717) is 13.0 Å². The topological polar surface area (TPSA) is 105 Å². The minimum atomic E-state index is -1.14. The number of likely N-dealkylation sites (tertiary alicyclic amines) is 1. The third kappa shape index (κ3) is 7.24. The molecule has 3 atom stereocenters. The maximum absolute atomic E-state index is 12.6. The number of benzene rings is 1. The second-order valence-electron chi connectivity index (χ2n) is 8.57. The zero-order chi connectivity index (χ0) is 22.3. The number of nitrogens with one attached hydrogen (secondary N) is 1. The lowest BCUT2D eigenvalue weighted by Gasteiger charge is -2.39. The summed E-state index contributed by atoms with van der Waals surface area (Å²) in [7, 11) is 0. The van der Waals surface area contributed by atoms with Gasteiger partial charge in [-0.1, -0.05) is 30.3 Å². The minimum absolute atomic E-state index is 0.146. The van der Waals surface area contributed by atoms with E-state index in [-0.39, 0.29) is 12.5 Å². The number of carboxylic acid groups (broad SMARTS) is 1. The number of rotatable bonds is 6. The summed E-state index contributed by atoms with van der Waals surface area (Å²) >= 11 is 0. The fourth-order valence-corrected chi connectivity index (χ4v) is 3.47. The molecule has 2 amide bonds. The van der Waals surface area contributed by atoms with Crippen LogP contribution in [0.25, 0.3) is 0 Å². The molecule has 2 rings (SSSR count). The molecule has 1 aliphatic rings. The van der Waals surface area contributed by atoms with Gasteiger partial charge in [0, 0.05) is 13.0 Å². The molecule has 30 heavy (non-hydrogen) atoms. The first-order chi connectivity index (χ1) is 14.1. The number of carbonyl (C=O) groups excluding carboxylic acids is 2. The molecule has 166 valence electrons. The van der Waals surface area contributed by atoms with Crippen molar-refractivity contribution in [2.24, 2.45) is 0 Å². The van der Waals surface area contributed by atoms with Crippen LogP contribution in [0, 0.1) is 0 Å². The van der Waals surface area contributed by atoms with Crippen LogP contribution in [0.5, 0.6) is 0 Å². The number of nitrogens with zero attached hydrogens (tertiary/aromatic N) is 1. The highest BCUT2D eigenvalue weighted by Crippen LogP contribution is 2.24. The summed E-state index contributed by atoms with van der Waals surface area (Å²) in [6, 6.07) is 7.62. The lowest BCUT2D eigenvalue weighted by atomic mass is 9.98.